The number of carbonyl (C=O) groups excluding carboxylic acids is 1. The zero-order valence-corrected chi connectivity index (χ0v) is 10.3. The Bertz CT molecular complexity index is 231. The van der Waals surface area contributed by atoms with Crippen LogP contribution in [0.5, 0.6) is 0 Å². The third kappa shape index (κ3) is 6.40. The van der Waals surface area contributed by atoms with Crippen LogP contribution in [0, 0.1) is 0 Å². The summed E-state index contributed by atoms with van der Waals surface area (Å²) in [6.07, 6.45) is 2.18. The molecule has 0 fully saturated rings. The van der Waals surface area contributed by atoms with Gasteiger partial charge in [-0.2, -0.15) is 0 Å². The zero-order valence-electron chi connectivity index (χ0n) is 10.3. The molecule has 16 heavy (non-hydrogen) atoms. The maximum absolute atomic E-state index is 11.5. The molecule has 2 N–H and O–H groups in total. The van der Waals surface area contributed by atoms with Crippen molar-refractivity contribution in [2.45, 2.75) is 39.2 Å². The van der Waals surface area contributed by atoms with Crippen LogP contribution in [0.4, 0.5) is 0 Å². The van der Waals surface area contributed by atoms with Gasteiger partial charge >= 0.3 is 5.97 Å². The van der Waals surface area contributed by atoms with Crippen molar-refractivity contribution in [2.24, 2.45) is 0 Å². The summed E-state index contributed by atoms with van der Waals surface area (Å²) in [5, 5.41) is 11.4. The highest BCUT2D eigenvalue weighted by Gasteiger charge is 2.18. The molecular weight excluding hydrogens is 208 g/mol. The molecule has 1 unspecified atom stereocenters. The van der Waals surface area contributed by atoms with E-state index in [0.717, 1.165) is 19.4 Å². The van der Waals surface area contributed by atoms with Gasteiger partial charge in [-0.3, -0.25) is 9.69 Å². The number of likely N-dealkylation sites (N-methyl/N-ethyl adjacent to an activating group) is 1. The van der Waals surface area contributed by atoms with Gasteiger partial charge < -0.3 is 10.4 Å². The lowest BCUT2D eigenvalue weighted by Gasteiger charge is -2.18. The van der Waals surface area contributed by atoms with Crippen LogP contribution in [0.2, 0.25) is 0 Å². The third-order valence-electron chi connectivity index (χ3n) is 2.23. The monoisotopic (exact) mass is 230 g/mol. The van der Waals surface area contributed by atoms with Crippen molar-refractivity contribution in [3.63, 3.8) is 0 Å². The highest BCUT2D eigenvalue weighted by molar-refractivity contribution is 5.84. The van der Waals surface area contributed by atoms with Crippen molar-refractivity contribution in [1.29, 1.82) is 0 Å². The molecule has 0 aromatic carbocycles. The Labute approximate surface area is 96.8 Å². The van der Waals surface area contributed by atoms with E-state index in [2.05, 4.69) is 5.32 Å². The second-order valence-corrected chi connectivity index (χ2v) is 3.98. The first kappa shape index (κ1) is 14.9. The van der Waals surface area contributed by atoms with E-state index in [1.165, 1.54) is 0 Å². The lowest BCUT2D eigenvalue weighted by Crippen LogP contribution is -2.44. The lowest BCUT2D eigenvalue weighted by molar-refractivity contribution is -0.142. The van der Waals surface area contributed by atoms with Crippen LogP contribution in [-0.2, 0) is 9.59 Å². The SMILES string of the molecule is CCCC(NC(=O)CN(C)CCC)C(=O)O. The van der Waals surface area contributed by atoms with Crippen LogP contribution in [-0.4, -0.2) is 48.1 Å². The molecule has 0 aliphatic rings. The maximum atomic E-state index is 11.5. The molecule has 5 nitrogen and oxygen atoms in total. The Balaban J connectivity index is 4.04. The molecule has 1 atom stereocenters. The van der Waals surface area contributed by atoms with Crippen molar-refractivity contribution in [2.75, 3.05) is 20.1 Å². The standard InChI is InChI=1S/C11H22N2O3/c1-4-6-9(11(15)16)12-10(14)8-13(3)7-5-2/h9H,4-8H2,1-3H3,(H,12,14)(H,15,16). The molecule has 0 rings (SSSR count). The Morgan fingerprint density at radius 1 is 1.31 bits per heavy atom. The molecule has 0 aromatic rings. The van der Waals surface area contributed by atoms with Crippen molar-refractivity contribution in [3.05, 3.63) is 0 Å². The smallest absolute Gasteiger partial charge is 0.326 e. The number of hydrogen-bond donors (Lipinski definition) is 2. The summed E-state index contributed by atoms with van der Waals surface area (Å²) in [7, 11) is 1.85. The highest BCUT2D eigenvalue weighted by atomic mass is 16.4. The number of nitrogens with one attached hydrogen (secondary N) is 1. The van der Waals surface area contributed by atoms with E-state index in [1.807, 2.05) is 25.8 Å². The number of carboxylic acid groups (broad SMARTS) is 1. The van der Waals surface area contributed by atoms with Crippen molar-refractivity contribution in [3.8, 4) is 0 Å². The topological polar surface area (TPSA) is 69.6 Å². The second kappa shape index (κ2) is 8.10. The number of aliphatic carboxylic acids is 1. The van der Waals surface area contributed by atoms with Gasteiger partial charge in [0.15, 0.2) is 0 Å². The van der Waals surface area contributed by atoms with E-state index >= 15 is 0 Å². The minimum atomic E-state index is -0.964. The van der Waals surface area contributed by atoms with Gasteiger partial charge in [0, 0.05) is 0 Å². The van der Waals surface area contributed by atoms with E-state index in [9.17, 15) is 9.59 Å². The van der Waals surface area contributed by atoms with Crippen LogP contribution in [0.1, 0.15) is 33.1 Å². The molecule has 0 spiro atoms. The van der Waals surface area contributed by atoms with Gasteiger partial charge in [0.2, 0.25) is 5.91 Å². The fourth-order valence-electron chi connectivity index (χ4n) is 1.49. The van der Waals surface area contributed by atoms with Crippen molar-refractivity contribution >= 4 is 11.9 Å². The van der Waals surface area contributed by atoms with Gasteiger partial charge in [0.1, 0.15) is 6.04 Å². The first-order chi connectivity index (χ1) is 7.51. The molecule has 0 saturated carbocycles. The van der Waals surface area contributed by atoms with Crippen molar-refractivity contribution in [1.82, 2.24) is 10.2 Å². The molecule has 0 bridgehead atoms. The van der Waals surface area contributed by atoms with Crippen LogP contribution >= 0.6 is 0 Å². The summed E-state index contributed by atoms with van der Waals surface area (Å²) >= 11 is 0. The molecule has 0 saturated heterocycles. The van der Waals surface area contributed by atoms with E-state index in [1.54, 1.807) is 0 Å². The minimum absolute atomic E-state index is 0.225. The number of hydrogen-bond acceptors (Lipinski definition) is 3. The Kier molecular flexibility index (Phi) is 7.54. The summed E-state index contributed by atoms with van der Waals surface area (Å²) in [5.41, 5.74) is 0. The van der Waals surface area contributed by atoms with Crippen LogP contribution in [0.15, 0.2) is 0 Å². The first-order valence-electron chi connectivity index (χ1n) is 5.71. The summed E-state index contributed by atoms with van der Waals surface area (Å²) in [5.74, 6) is -1.19. The number of rotatable bonds is 8. The van der Waals surface area contributed by atoms with Gasteiger partial charge in [0.25, 0.3) is 0 Å². The van der Waals surface area contributed by atoms with Gasteiger partial charge in [-0.1, -0.05) is 20.3 Å². The Hall–Kier alpha value is -1.10. The van der Waals surface area contributed by atoms with Gasteiger partial charge in [0.05, 0.1) is 6.54 Å². The summed E-state index contributed by atoms with van der Waals surface area (Å²) in [6.45, 7) is 5.01. The predicted molar refractivity (Wildman–Crippen MR) is 62.3 cm³/mol. The highest BCUT2D eigenvalue weighted by Crippen LogP contribution is 1.97. The van der Waals surface area contributed by atoms with Crippen LogP contribution < -0.4 is 5.32 Å². The third-order valence-corrected chi connectivity index (χ3v) is 2.23. The van der Waals surface area contributed by atoms with E-state index < -0.39 is 12.0 Å². The summed E-state index contributed by atoms with van der Waals surface area (Å²) < 4.78 is 0. The molecule has 0 radical (unpaired) electrons. The number of amides is 1. The fourth-order valence-corrected chi connectivity index (χ4v) is 1.49. The van der Waals surface area contributed by atoms with Gasteiger partial charge in [-0.05, 0) is 26.4 Å². The normalized spacial score (nSPS) is 12.5. The number of nitrogens with zero attached hydrogens (tertiary/aromatic N) is 1. The van der Waals surface area contributed by atoms with E-state index in [-0.39, 0.29) is 12.5 Å². The molecule has 1 amide bonds. The fraction of sp³-hybridized carbons (Fsp3) is 0.818. The number of carboxylic acids is 1. The largest absolute Gasteiger partial charge is 0.480 e. The molecule has 0 aliphatic heterocycles. The molecule has 0 aromatic heterocycles. The zero-order chi connectivity index (χ0) is 12.6. The molecule has 0 aliphatic carbocycles. The Morgan fingerprint density at radius 2 is 1.94 bits per heavy atom. The average molecular weight is 230 g/mol. The van der Waals surface area contributed by atoms with Crippen LogP contribution in [0.25, 0.3) is 0 Å². The molecule has 94 valence electrons. The molecule has 0 heterocycles. The Morgan fingerprint density at radius 3 is 2.38 bits per heavy atom. The second-order valence-electron chi connectivity index (χ2n) is 3.98. The maximum Gasteiger partial charge on any atom is 0.326 e. The number of carbonyl (C=O) groups is 2. The van der Waals surface area contributed by atoms with Crippen molar-refractivity contribution < 1.29 is 14.7 Å². The summed E-state index contributed by atoms with van der Waals surface area (Å²) in [6, 6.07) is -0.757. The van der Waals surface area contributed by atoms with E-state index in [4.69, 9.17) is 5.11 Å². The van der Waals surface area contributed by atoms with Gasteiger partial charge in [-0.25, -0.2) is 4.79 Å². The summed E-state index contributed by atoms with van der Waals surface area (Å²) in [4.78, 5) is 24.2. The molecular formula is C11H22N2O3. The lowest BCUT2D eigenvalue weighted by atomic mass is 10.1. The quantitative estimate of drug-likeness (QED) is 0.644. The van der Waals surface area contributed by atoms with Crippen LogP contribution in [0.3, 0.4) is 0 Å². The van der Waals surface area contributed by atoms with E-state index in [0.29, 0.717) is 6.42 Å². The average Bonchev–Trinajstić information content (AvgIpc) is 2.16. The molecule has 5 heteroatoms. The minimum Gasteiger partial charge on any atom is -0.480 e. The van der Waals surface area contributed by atoms with Gasteiger partial charge in [-0.15, -0.1) is 0 Å². The predicted octanol–water partition coefficient (Wildman–Crippen LogP) is 0.698. The first-order valence-corrected chi connectivity index (χ1v) is 5.71.